The molecule has 0 radical (unpaired) electrons. The first-order chi connectivity index (χ1) is 22.4. The Morgan fingerprint density at radius 2 is 1.81 bits per heavy atom. The second kappa shape index (κ2) is 16.7. The molecule has 1 aromatic carbocycles. The van der Waals surface area contributed by atoms with Gasteiger partial charge in [-0.3, -0.25) is 28.9 Å². The lowest BCUT2D eigenvalue weighted by Crippen LogP contribution is -2.57. The highest BCUT2D eigenvalue weighted by molar-refractivity contribution is 7.09. The Morgan fingerprint density at radius 1 is 1.09 bits per heavy atom. The molecule has 11 nitrogen and oxygen atoms in total. The van der Waals surface area contributed by atoms with Crippen molar-refractivity contribution in [2.45, 2.75) is 110 Å². The zero-order chi connectivity index (χ0) is 34.2. The number of hydroxylamine groups is 2. The minimum absolute atomic E-state index is 0.0828. The number of hydrogen-bond acceptors (Lipinski definition) is 8. The molecule has 2 aliphatic rings. The van der Waals surface area contributed by atoms with E-state index < -0.39 is 30.1 Å². The third-order valence-corrected chi connectivity index (χ3v) is 10.5. The first-order valence-corrected chi connectivity index (χ1v) is 17.8. The number of nitrogens with one attached hydrogen (secondary N) is 2. The number of carbonyl (C=O) groups is 4. The van der Waals surface area contributed by atoms with Crippen LogP contribution in [0.4, 0.5) is 0 Å². The molecule has 2 fully saturated rings. The molecule has 258 valence electrons. The van der Waals surface area contributed by atoms with Crippen molar-refractivity contribution in [2.24, 2.45) is 17.8 Å². The molecule has 3 N–H and O–H groups in total. The monoisotopic (exact) mass is 669 g/mol. The van der Waals surface area contributed by atoms with Crippen LogP contribution in [0.25, 0.3) is 0 Å². The zero-order valence-corrected chi connectivity index (χ0v) is 29.3. The lowest BCUT2D eigenvalue weighted by Gasteiger charge is -2.35. The number of aliphatic carboxylic acids is 1. The van der Waals surface area contributed by atoms with Gasteiger partial charge in [-0.25, -0.2) is 10.0 Å². The summed E-state index contributed by atoms with van der Waals surface area (Å²) in [5.41, 5.74) is 1.22. The number of nitrogens with zero attached hydrogens (tertiary/aromatic N) is 3. The molecule has 0 spiro atoms. The number of hydrogen-bond donors (Lipinski definition) is 3. The van der Waals surface area contributed by atoms with E-state index in [0.717, 1.165) is 31.4 Å². The third-order valence-electron chi connectivity index (χ3n) is 9.58. The number of piperidine rings is 1. The van der Waals surface area contributed by atoms with Crippen molar-refractivity contribution in [2.75, 3.05) is 13.6 Å². The van der Waals surface area contributed by atoms with Crippen LogP contribution >= 0.6 is 11.3 Å². The molecule has 3 heterocycles. The minimum Gasteiger partial charge on any atom is -0.481 e. The molecule has 2 saturated heterocycles. The van der Waals surface area contributed by atoms with Gasteiger partial charge < -0.3 is 15.7 Å². The summed E-state index contributed by atoms with van der Waals surface area (Å²) in [6.07, 6.45) is 4.28. The largest absolute Gasteiger partial charge is 0.481 e. The lowest BCUT2D eigenvalue weighted by molar-refractivity contribution is -0.195. The number of carbonyl (C=O) groups excluding carboxylic acids is 3. The second-order valence-corrected chi connectivity index (χ2v) is 14.5. The Bertz CT molecular complexity index is 1370. The summed E-state index contributed by atoms with van der Waals surface area (Å²) in [4.78, 5) is 65.4. The number of amides is 3. The van der Waals surface area contributed by atoms with E-state index in [-0.39, 0.29) is 53.8 Å². The quantitative estimate of drug-likeness (QED) is 0.260. The van der Waals surface area contributed by atoms with E-state index in [4.69, 9.17) is 4.84 Å². The summed E-state index contributed by atoms with van der Waals surface area (Å²) >= 11 is 1.30. The van der Waals surface area contributed by atoms with Gasteiger partial charge >= 0.3 is 5.97 Å². The van der Waals surface area contributed by atoms with Gasteiger partial charge in [-0.15, -0.1) is 11.3 Å². The maximum Gasteiger partial charge on any atom is 0.306 e. The minimum atomic E-state index is -0.915. The summed E-state index contributed by atoms with van der Waals surface area (Å²) in [5, 5.41) is 19.3. The van der Waals surface area contributed by atoms with Crippen molar-refractivity contribution in [1.29, 1.82) is 0 Å². The van der Waals surface area contributed by atoms with Crippen LogP contribution in [0, 0.1) is 17.8 Å². The fourth-order valence-electron chi connectivity index (χ4n) is 6.37. The van der Waals surface area contributed by atoms with Gasteiger partial charge in [0.1, 0.15) is 22.8 Å². The average Bonchev–Trinajstić information content (AvgIpc) is 3.72. The van der Waals surface area contributed by atoms with Gasteiger partial charge in [0.05, 0.1) is 18.0 Å². The molecule has 12 heteroatoms. The van der Waals surface area contributed by atoms with Crippen molar-refractivity contribution >= 4 is 35.0 Å². The number of aromatic nitrogens is 1. The highest BCUT2D eigenvalue weighted by Crippen LogP contribution is 2.38. The Morgan fingerprint density at radius 3 is 2.45 bits per heavy atom. The number of rotatable bonds is 14. The fourth-order valence-corrected chi connectivity index (χ4v) is 7.21. The molecule has 47 heavy (non-hydrogen) atoms. The Hall–Kier alpha value is -3.35. The summed E-state index contributed by atoms with van der Waals surface area (Å²) in [7, 11) is 1.95. The van der Waals surface area contributed by atoms with Crippen LogP contribution < -0.4 is 10.6 Å². The smallest absolute Gasteiger partial charge is 0.306 e. The molecule has 1 aromatic heterocycles. The topological polar surface area (TPSA) is 141 Å². The van der Waals surface area contributed by atoms with Crippen molar-refractivity contribution in [3.8, 4) is 0 Å². The van der Waals surface area contributed by atoms with Crippen molar-refractivity contribution in [3.63, 3.8) is 0 Å². The van der Waals surface area contributed by atoms with Crippen molar-refractivity contribution in [1.82, 2.24) is 25.6 Å². The van der Waals surface area contributed by atoms with Crippen LogP contribution in [-0.4, -0.2) is 81.5 Å². The Labute approximate surface area is 282 Å². The van der Waals surface area contributed by atoms with Crippen LogP contribution in [0.2, 0.25) is 0 Å². The maximum atomic E-state index is 14.1. The summed E-state index contributed by atoms with van der Waals surface area (Å²) in [5.74, 6) is -2.34. The van der Waals surface area contributed by atoms with Crippen LogP contribution in [0.15, 0.2) is 35.7 Å². The van der Waals surface area contributed by atoms with Gasteiger partial charge in [0, 0.05) is 17.8 Å². The van der Waals surface area contributed by atoms with E-state index in [1.54, 1.807) is 12.3 Å². The number of thiazole rings is 1. The molecule has 2 aliphatic heterocycles. The number of likely N-dealkylation sites (tertiary alicyclic amines) is 1. The normalized spacial score (nSPS) is 22.8. The molecule has 4 rings (SSSR count). The number of likely N-dealkylation sites (N-methyl/N-ethyl adjacent to an activating group) is 1. The van der Waals surface area contributed by atoms with Gasteiger partial charge in [-0.1, -0.05) is 77.8 Å². The molecule has 3 amide bonds. The van der Waals surface area contributed by atoms with Gasteiger partial charge in [-0.05, 0) is 56.7 Å². The maximum absolute atomic E-state index is 14.1. The van der Waals surface area contributed by atoms with E-state index >= 15 is 0 Å². The fraction of sp³-hybridized carbons (Fsp3) is 0.629. The van der Waals surface area contributed by atoms with Gasteiger partial charge in [-0.2, -0.15) is 0 Å². The predicted octanol–water partition coefficient (Wildman–Crippen LogP) is 4.84. The highest BCUT2D eigenvalue weighted by Gasteiger charge is 2.44. The summed E-state index contributed by atoms with van der Waals surface area (Å²) in [6.45, 7) is 10.5. The van der Waals surface area contributed by atoms with Gasteiger partial charge in [0.25, 0.3) is 11.8 Å². The van der Waals surface area contributed by atoms with E-state index in [0.29, 0.717) is 24.3 Å². The number of benzene rings is 1. The summed E-state index contributed by atoms with van der Waals surface area (Å²) in [6, 6.07) is 8.02. The zero-order valence-electron chi connectivity index (χ0n) is 28.5. The molecule has 0 bridgehead atoms. The van der Waals surface area contributed by atoms with Crippen molar-refractivity contribution in [3.05, 3.63) is 52.0 Å². The Kier molecular flexibility index (Phi) is 12.9. The van der Waals surface area contributed by atoms with E-state index in [2.05, 4.69) is 20.5 Å². The third kappa shape index (κ3) is 9.39. The molecular weight excluding hydrogens is 618 g/mol. The summed E-state index contributed by atoms with van der Waals surface area (Å²) < 4.78 is 0. The lowest BCUT2D eigenvalue weighted by atomic mass is 9.94. The second-order valence-electron chi connectivity index (χ2n) is 13.6. The van der Waals surface area contributed by atoms with Crippen LogP contribution in [0.1, 0.15) is 100 Å². The average molecular weight is 670 g/mol. The SMILES string of the molecule is CC[C@H](C)[C@H](NC(=O)[C@H]1CCCCN1C)C(=O)N1O[C@@H](c2nc(C(=O)N[C@@H](Cc3ccccc3)C[C@H](C)C(=O)O)cs2)C[C@@H]1C(C)C. The standard InChI is InChI=1S/C35H51N5O6S/c1-7-22(4)30(38-32(42)27-15-11-12-16-39(27)6)34(43)40-28(21(2)3)19-29(46-40)33-37-26(20-47-33)31(41)36-25(17-23(5)35(44)45)18-24-13-9-8-10-14-24/h8-10,13-14,20-23,25,27-30H,7,11-12,15-19H2,1-6H3,(H,36,41)(H,38,42)(H,44,45)/t22-,23-,25+,27+,28+,29+,30-/m0/s1. The highest BCUT2D eigenvalue weighted by atomic mass is 32.1. The Balaban J connectivity index is 1.47. The molecule has 0 aliphatic carbocycles. The molecular formula is C35H51N5O6S. The first-order valence-electron chi connectivity index (χ1n) is 16.9. The van der Waals surface area contributed by atoms with Crippen LogP contribution in [0.3, 0.4) is 0 Å². The van der Waals surface area contributed by atoms with E-state index in [9.17, 15) is 24.3 Å². The van der Waals surface area contributed by atoms with E-state index in [1.165, 1.54) is 16.4 Å². The molecule has 7 atom stereocenters. The van der Waals surface area contributed by atoms with Crippen LogP contribution in [0.5, 0.6) is 0 Å². The predicted molar refractivity (Wildman–Crippen MR) is 181 cm³/mol. The van der Waals surface area contributed by atoms with Crippen molar-refractivity contribution < 1.29 is 29.1 Å². The van der Waals surface area contributed by atoms with Crippen LogP contribution in [-0.2, 0) is 25.6 Å². The number of carboxylic acids is 1. The van der Waals surface area contributed by atoms with Gasteiger partial charge in [0.15, 0.2) is 0 Å². The molecule has 0 saturated carbocycles. The molecule has 2 aromatic rings. The molecule has 0 unspecified atom stereocenters. The first kappa shape index (κ1) is 36.5. The number of carboxylic acid groups (broad SMARTS) is 1. The van der Waals surface area contributed by atoms with E-state index in [1.807, 2.05) is 65.1 Å². The van der Waals surface area contributed by atoms with Gasteiger partial charge in [0.2, 0.25) is 5.91 Å².